The highest BCUT2D eigenvalue weighted by molar-refractivity contribution is 9.10. The number of aromatic nitrogens is 1. The minimum Gasteiger partial charge on any atom is -0.360 e. The molecule has 0 unspecified atom stereocenters. The lowest BCUT2D eigenvalue weighted by Gasteiger charge is -1.90. The highest BCUT2D eigenvalue weighted by atomic mass is 79.9. The fraction of sp³-hybridized carbons (Fsp3) is 0. The topological polar surface area (TPSA) is 17.2 Å². The van der Waals surface area contributed by atoms with E-state index < -0.39 is 0 Å². The molecule has 0 aliphatic heterocycles. The minimum atomic E-state index is 0.299. The second kappa shape index (κ2) is 3.00. The van der Waals surface area contributed by atoms with Crippen LogP contribution in [-0.2, 0) is 0 Å². The SMILES string of the molecule is [C-]#[N+]c1nc(Cl)ccc1Br. The molecule has 0 saturated heterocycles. The molecule has 0 atom stereocenters. The Kier molecular flexibility index (Phi) is 2.25. The summed E-state index contributed by atoms with van der Waals surface area (Å²) in [6, 6.07) is 3.32. The molecule has 0 amide bonds. The van der Waals surface area contributed by atoms with Gasteiger partial charge in [0.15, 0.2) is 0 Å². The van der Waals surface area contributed by atoms with Gasteiger partial charge >= 0.3 is 0 Å². The van der Waals surface area contributed by atoms with Crippen LogP contribution in [0.3, 0.4) is 0 Å². The van der Waals surface area contributed by atoms with Gasteiger partial charge in [-0.05, 0) is 17.7 Å². The van der Waals surface area contributed by atoms with Crippen molar-refractivity contribution in [2.45, 2.75) is 0 Å². The molecule has 0 spiro atoms. The van der Waals surface area contributed by atoms with E-state index in [-0.39, 0.29) is 0 Å². The molecule has 0 aliphatic rings. The third kappa shape index (κ3) is 1.47. The maximum absolute atomic E-state index is 6.66. The molecule has 0 N–H and O–H groups in total. The van der Waals surface area contributed by atoms with Crippen molar-refractivity contribution >= 4 is 33.3 Å². The fourth-order valence-electron chi connectivity index (χ4n) is 0.487. The van der Waals surface area contributed by atoms with Crippen molar-refractivity contribution in [2.24, 2.45) is 0 Å². The molecule has 1 aromatic heterocycles. The zero-order valence-electron chi connectivity index (χ0n) is 4.81. The highest BCUT2D eigenvalue weighted by Crippen LogP contribution is 2.24. The molecule has 0 saturated carbocycles. The smallest absolute Gasteiger partial charge is 0.285 e. The van der Waals surface area contributed by atoms with E-state index in [4.69, 9.17) is 18.2 Å². The van der Waals surface area contributed by atoms with Crippen LogP contribution in [0.5, 0.6) is 0 Å². The number of hydrogen-bond donors (Lipinski definition) is 0. The molecule has 10 heavy (non-hydrogen) atoms. The first-order valence-corrected chi connectivity index (χ1v) is 3.60. The van der Waals surface area contributed by atoms with Crippen molar-refractivity contribution in [2.75, 3.05) is 0 Å². The van der Waals surface area contributed by atoms with Crippen LogP contribution in [0.15, 0.2) is 16.6 Å². The molecule has 50 valence electrons. The number of nitrogens with zero attached hydrogens (tertiary/aromatic N) is 2. The van der Waals surface area contributed by atoms with Gasteiger partial charge in [-0.2, -0.15) is 0 Å². The standard InChI is InChI=1S/C6H2BrClN2/c1-9-6-4(7)2-3-5(8)10-6/h2-3H. The third-order valence-electron chi connectivity index (χ3n) is 0.899. The molecular weight excluding hydrogens is 215 g/mol. The van der Waals surface area contributed by atoms with Crippen molar-refractivity contribution in [3.8, 4) is 0 Å². The Morgan fingerprint density at radius 2 is 2.30 bits per heavy atom. The Morgan fingerprint density at radius 3 is 2.80 bits per heavy atom. The summed E-state index contributed by atoms with van der Waals surface area (Å²) in [7, 11) is 0. The van der Waals surface area contributed by atoms with E-state index in [1.165, 1.54) is 0 Å². The zero-order valence-corrected chi connectivity index (χ0v) is 7.15. The second-order valence-corrected chi connectivity index (χ2v) is 2.79. The van der Waals surface area contributed by atoms with Crippen LogP contribution in [0.4, 0.5) is 5.82 Å². The Bertz CT molecular complexity index is 292. The van der Waals surface area contributed by atoms with Crippen molar-refractivity contribution in [3.05, 3.63) is 33.2 Å². The van der Waals surface area contributed by atoms with Crippen LogP contribution in [-0.4, -0.2) is 4.98 Å². The van der Waals surface area contributed by atoms with E-state index in [2.05, 4.69) is 25.8 Å². The van der Waals surface area contributed by atoms with Gasteiger partial charge in [0, 0.05) is 4.47 Å². The average Bonchev–Trinajstić information content (AvgIpc) is 1.94. The minimum absolute atomic E-state index is 0.299. The molecule has 0 aliphatic carbocycles. The largest absolute Gasteiger partial charge is 0.360 e. The first-order chi connectivity index (χ1) is 4.74. The zero-order chi connectivity index (χ0) is 7.56. The quantitative estimate of drug-likeness (QED) is 0.482. The van der Waals surface area contributed by atoms with Crippen molar-refractivity contribution < 1.29 is 0 Å². The van der Waals surface area contributed by atoms with Crippen LogP contribution in [0.1, 0.15) is 0 Å². The Hall–Kier alpha value is -0.590. The molecule has 4 heteroatoms. The number of hydrogen-bond acceptors (Lipinski definition) is 1. The Morgan fingerprint density at radius 1 is 1.60 bits per heavy atom. The van der Waals surface area contributed by atoms with Crippen LogP contribution < -0.4 is 0 Å². The molecule has 0 bridgehead atoms. The molecule has 0 fully saturated rings. The van der Waals surface area contributed by atoms with Gasteiger partial charge in [-0.15, -0.1) is 4.98 Å². The lowest BCUT2D eigenvalue weighted by Crippen LogP contribution is -1.73. The van der Waals surface area contributed by atoms with Crippen molar-refractivity contribution in [1.29, 1.82) is 0 Å². The summed E-state index contributed by atoms with van der Waals surface area (Å²) in [5.74, 6) is 0.299. The lowest BCUT2D eigenvalue weighted by molar-refractivity contribution is 1.34. The summed E-state index contributed by atoms with van der Waals surface area (Å²) in [5, 5.41) is 0.342. The van der Waals surface area contributed by atoms with Gasteiger partial charge in [0.25, 0.3) is 5.82 Å². The van der Waals surface area contributed by atoms with Crippen molar-refractivity contribution in [1.82, 2.24) is 4.98 Å². The van der Waals surface area contributed by atoms with E-state index in [0.29, 0.717) is 15.4 Å². The van der Waals surface area contributed by atoms with E-state index in [1.54, 1.807) is 12.1 Å². The van der Waals surface area contributed by atoms with Gasteiger partial charge in [0.2, 0.25) is 5.15 Å². The van der Waals surface area contributed by atoms with E-state index in [1.807, 2.05) is 0 Å². The van der Waals surface area contributed by atoms with Gasteiger partial charge in [-0.3, -0.25) is 0 Å². The summed E-state index contributed by atoms with van der Waals surface area (Å²) >= 11 is 8.68. The maximum Gasteiger partial charge on any atom is 0.285 e. The van der Waals surface area contributed by atoms with Gasteiger partial charge < -0.3 is 4.85 Å². The predicted octanol–water partition coefficient (Wildman–Crippen LogP) is 3.05. The van der Waals surface area contributed by atoms with Gasteiger partial charge in [0.1, 0.15) is 0 Å². The summed E-state index contributed by atoms with van der Waals surface area (Å²) in [6.07, 6.45) is 0. The molecule has 1 rings (SSSR count). The average molecular weight is 217 g/mol. The molecule has 1 heterocycles. The first-order valence-electron chi connectivity index (χ1n) is 2.43. The van der Waals surface area contributed by atoms with Crippen LogP contribution in [0.2, 0.25) is 5.15 Å². The Labute approximate surface area is 71.8 Å². The number of halogens is 2. The summed E-state index contributed by atoms with van der Waals surface area (Å²) < 4.78 is 0.673. The van der Waals surface area contributed by atoms with E-state index >= 15 is 0 Å². The molecule has 0 aromatic carbocycles. The van der Waals surface area contributed by atoms with Gasteiger partial charge in [-0.1, -0.05) is 28.6 Å². The molecule has 0 radical (unpaired) electrons. The van der Waals surface area contributed by atoms with E-state index in [9.17, 15) is 0 Å². The first kappa shape index (κ1) is 7.52. The molecule has 1 aromatic rings. The van der Waals surface area contributed by atoms with Crippen LogP contribution in [0, 0.1) is 6.57 Å². The summed E-state index contributed by atoms with van der Waals surface area (Å²) in [4.78, 5) is 6.89. The third-order valence-corrected chi connectivity index (χ3v) is 1.73. The summed E-state index contributed by atoms with van der Waals surface area (Å²) in [6.45, 7) is 6.66. The van der Waals surface area contributed by atoms with Gasteiger partial charge in [-0.25, -0.2) is 0 Å². The number of pyridine rings is 1. The van der Waals surface area contributed by atoms with Crippen LogP contribution >= 0.6 is 27.5 Å². The second-order valence-electron chi connectivity index (χ2n) is 1.55. The highest BCUT2D eigenvalue weighted by Gasteiger charge is 2.01. The van der Waals surface area contributed by atoms with E-state index in [0.717, 1.165) is 0 Å². The normalized spacial score (nSPS) is 8.90. The fourth-order valence-corrected chi connectivity index (χ4v) is 0.939. The summed E-state index contributed by atoms with van der Waals surface area (Å²) in [5.41, 5.74) is 0. The predicted molar refractivity (Wildman–Crippen MR) is 43.2 cm³/mol. The molecule has 2 nitrogen and oxygen atoms in total. The van der Waals surface area contributed by atoms with Crippen LogP contribution in [0.25, 0.3) is 4.85 Å². The maximum atomic E-state index is 6.66. The molecular formula is C6H2BrClN2. The number of rotatable bonds is 0. The van der Waals surface area contributed by atoms with Gasteiger partial charge in [0.05, 0.1) is 0 Å². The lowest BCUT2D eigenvalue weighted by atomic mass is 10.5. The Balaban J connectivity index is 3.25. The monoisotopic (exact) mass is 216 g/mol. The van der Waals surface area contributed by atoms with Crippen molar-refractivity contribution in [3.63, 3.8) is 0 Å².